The summed E-state index contributed by atoms with van der Waals surface area (Å²) in [4.78, 5) is 13.2. The molecular weight excluding hydrogens is 361 g/mol. The van der Waals surface area contributed by atoms with Crippen LogP contribution in [0.15, 0.2) is 84.9 Å². The molecule has 0 aromatic heterocycles. The molecule has 0 atom stereocenters. The predicted octanol–water partition coefficient (Wildman–Crippen LogP) is 3.74. The normalized spacial score (nSPS) is 10.4. The maximum atomic E-state index is 13.2. The highest BCUT2D eigenvalue weighted by molar-refractivity contribution is 7.80. The van der Waals surface area contributed by atoms with Crippen molar-refractivity contribution in [2.75, 3.05) is 5.01 Å². The number of rotatable bonds is 4. The highest BCUT2D eigenvalue weighted by atomic mass is 32.1. The summed E-state index contributed by atoms with van der Waals surface area (Å²) in [6.07, 6.45) is 0. The van der Waals surface area contributed by atoms with Gasteiger partial charge in [0, 0.05) is 0 Å². The van der Waals surface area contributed by atoms with E-state index in [9.17, 15) is 9.18 Å². The predicted molar refractivity (Wildman–Crippen MR) is 109 cm³/mol. The molecule has 0 bridgehead atoms. The summed E-state index contributed by atoms with van der Waals surface area (Å²) in [6, 6.07) is 24.4. The average molecular weight is 379 g/mol. The van der Waals surface area contributed by atoms with Crippen molar-refractivity contribution < 1.29 is 9.18 Å². The van der Waals surface area contributed by atoms with Crippen LogP contribution in [0, 0.1) is 5.82 Å². The number of nitrogens with zero attached hydrogens (tertiary/aromatic N) is 1. The van der Waals surface area contributed by atoms with Crippen LogP contribution in [0.4, 0.5) is 10.1 Å². The van der Waals surface area contributed by atoms with E-state index >= 15 is 0 Å². The van der Waals surface area contributed by atoms with Crippen molar-refractivity contribution in [3.8, 4) is 0 Å². The molecule has 0 saturated heterocycles. The van der Waals surface area contributed by atoms with Gasteiger partial charge in [-0.05, 0) is 47.6 Å². The lowest BCUT2D eigenvalue weighted by molar-refractivity contribution is -0.121. The van der Waals surface area contributed by atoms with Crippen LogP contribution in [0.2, 0.25) is 0 Å². The number of nitrogens with one attached hydrogen (secondary N) is 1. The first-order valence-corrected chi connectivity index (χ1v) is 8.72. The van der Waals surface area contributed by atoms with Crippen molar-refractivity contribution in [3.63, 3.8) is 0 Å². The van der Waals surface area contributed by atoms with Crippen molar-refractivity contribution in [3.05, 3.63) is 102 Å². The van der Waals surface area contributed by atoms with Gasteiger partial charge in [-0.25, -0.2) is 9.40 Å². The number of benzene rings is 3. The van der Waals surface area contributed by atoms with E-state index in [0.717, 1.165) is 11.1 Å². The molecule has 3 aromatic rings. The van der Waals surface area contributed by atoms with Gasteiger partial charge in [-0.15, -0.1) is 0 Å². The summed E-state index contributed by atoms with van der Waals surface area (Å²) in [5.74, 6) is -1.24. The molecule has 0 radical (unpaired) electrons. The topological polar surface area (TPSA) is 58.4 Å². The lowest BCUT2D eigenvalue weighted by atomic mass is 9.91. The standard InChI is InChI=1S/C21H18FN3OS/c22-17-11-13-18(14-12-17)25(21(23)27)24-20(26)19(15-7-3-1-4-8-15)16-9-5-2-6-10-16/h1-14,19H,(H2,23,27)(H,24,26). The minimum atomic E-state index is -0.551. The lowest BCUT2D eigenvalue weighted by Crippen LogP contribution is -2.50. The Bertz CT molecular complexity index is 878. The third kappa shape index (κ3) is 4.48. The Balaban J connectivity index is 1.93. The number of hydrogen-bond acceptors (Lipinski definition) is 2. The molecule has 1 amide bonds. The number of hydrazine groups is 1. The molecule has 0 aliphatic carbocycles. The van der Waals surface area contributed by atoms with Crippen LogP contribution >= 0.6 is 12.2 Å². The fourth-order valence-electron chi connectivity index (χ4n) is 2.80. The molecule has 3 rings (SSSR count). The van der Waals surface area contributed by atoms with Gasteiger partial charge in [0.2, 0.25) is 0 Å². The van der Waals surface area contributed by atoms with Crippen LogP contribution in [0.25, 0.3) is 0 Å². The maximum Gasteiger partial charge on any atom is 0.250 e. The van der Waals surface area contributed by atoms with Crippen molar-refractivity contribution in [1.82, 2.24) is 5.43 Å². The van der Waals surface area contributed by atoms with E-state index in [1.165, 1.54) is 29.3 Å². The summed E-state index contributed by atoms with van der Waals surface area (Å²) in [5.41, 5.74) is 10.7. The number of amides is 1. The Labute approximate surface area is 162 Å². The number of nitrogens with two attached hydrogens (primary N) is 1. The highest BCUT2D eigenvalue weighted by Gasteiger charge is 2.25. The Morgan fingerprint density at radius 2 is 1.37 bits per heavy atom. The molecule has 0 heterocycles. The van der Waals surface area contributed by atoms with E-state index in [-0.39, 0.29) is 16.8 Å². The van der Waals surface area contributed by atoms with Gasteiger partial charge < -0.3 is 5.73 Å². The minimum absolute atomic E-state index is 0.0465. The molecule has 27 heavy (non-hydrogen) atoms. The second-order valence-corrected chi connectivity index (χ2v) is 6.30. The first-order chi connectivity index (χ1) is 13.1. The number of thiocarbonyl (C=S) groups is 1. The molecular formula is C21H18FN3OS. The molecule has 3 aromatic carbocycles. The maximum absolute atomic E-state index is 13.2. The first kappa shape index (κ1) is 18.5. The zero-order valence-corrected chi connectivity index (χ0v) is 15.2. The fourth-order valence-corrected chi connectivity index (χ4v) is 2.95. The van der Waals surface area contributed by atoms with Gasteiger partial charge >= 0.3 is 0 Å². The zero-order valence-electron chi connectivity index (χ0n) is 14.4. The highest BCUT2D eigenvalue weighted by Crippen LogP contribution is 2.25. The smallest absolute Gasteiger partial charge is 0.250 e. The molecule has 0 fully saturated rings. The van der Waals surface area contributed by atoms with Gasteiger partial charge in [0.1, 0.15) is 5.82 Å². The van der Waals surface area contributed by atoms with E-state index in [2.05, 4.69) is 5.43 Å². The summed E-state index contributed by atoms with van der Waals surface area (Å²) in [5, 5.41) is 1.23. The van der Waals surface area contributed by atoms with Crippen LogP contribution in [0.1, 0.15) is 17.0 Å². The van der Waals surface area contributed by atoms with E-state index in [1.54, 1.807) is 0 Å². The van der Waals surface area contributed by atoms with Crippen LogP contribution < -0.4 is 16.2 Å². The number of hydrogen-bond donors (Lipinski definition) is 2. The summed E-state index contributed by atoms with van der Waals surface area (Å²) < 4.78 is 13.2. The van der Waals surface area contributed by atoms with E-state index in [0.29, 0.717) is 5.69 Å². The number of carbonyl (C=O) groups excluding carboxylic acids is 1. The SMILES string of the molecule is NC(=S)N(NC(=O)C(c1ccccc1)c1ccccc1)c1ccc(F)cc1. The van der Waals surface area contributed by atoms with Crippen molar-refractivity contribution >= 4 is 28.9 Å². The third-order valence-corrected chi connectivity index (χ3v) is 4.24. The van der Waals surface area contributed by atoms with E-state index in [4.69, 9.17) is 18.0 Å². The van der Waals surface area contributed by atoms with Crippen LogP contribution in [0.3, 0.4) is 0 Å². The second-order valence-electron chi connectivity index (χ2n) is 5.88. The Morgan fingerprint density at radius 1 is 0.889 bits per heavy atom. The largest absolute Gasteiger partial charge is 0.374 e. The Morgan fingerprint density at radius 3 is 1.81 bits per heavy atom. The number of halogens is 1. The van der Waals surface area contributed by atoms with Crippen LogP contribution in [-0.4, -0.2) is 11.0 Å². The third-order valence-electron chi connectivity index (χ3n) is 4.06. The molecule has 0 unspecified atom stereocenters. The van der Waals surface area contributed by atoms with Gasteiger partial charge in [-0.3, -0.25) is 10.2 Å². The van der Waals surface area contributed by atoms with Gasteiger partial charge in [0.15, 0.2) is 5.11 Å². The molecule has 0 saturated carbocycles. The molecule has 4 nitrogen and oxygen atoms in total. The van der Waals surface area contributed by atoms with Gasteiger partial charge in [0.05, 0.1) is 11.6 Å². The van der Waals surface area contributed by atoms with Gasteiger partial charge in [-0.1, -0.05) is 60.7 Å². The van der Waals surface area contributed by atoms with Gasteiger partial charge in [0.25, 0.3) is 5.91 Å². The van der Waals surface area contributed by atoms with Gasteiger partial charge in [-0.2, -0.15) is 0 Å². The quantitative estimate of drug-likeness (QED) is 0.536. The Kier molecular flexibility index (Phi) is 5.78. The summed E-state index contributed by atoms with van der Waals surface area (Å²) in [6.45, 7) is 0. The van der Waals surface area contributed by atoms with Crippen molar-refractivity contribution in [2.24, 2.45) is 5.73 Å². The second kappa shape index (κ2) is 8.42. The number of anilines is 1. The van der Waals surface area contributed by atoms with Crippen LogP contribution in [0.5, 0.6) is 0 Å². The zero-order chi connectivity index (χ0) is 19.2. The Hall–Kier alpha value is -3.25. The fraction of sp³-hybridized carbons (Fsp3) is 0.0476. The lowest BCUT2D eigenvalue weighted by Gasteiger charge is -2.26. The number of carbonyl (C=O) groups is 1. The van der Waals surface area contributed by atoms with Crippen molar-refractivity contribution in [2.45, 2.75) is 5.92 Å². The molecule has 3 N–H and O–H groups in total. The molecule has 0 aliphatic rings. The average Bonchev–Trinajstić information content (AvgIpc) is 2.69. The monoisotopic (exact) mass is 379 g/mol. The summed E-state index contributed by atoms with van der Waals surface area (Å²) in [7, 11) is 0. The van der Waals surface area contributed by atoms with E-state index < -0.39 is 5.92 Å². The summed E-state index contributed by atoms with van der Waals surface area (Å²) >= 11 is 5.07. The molecule has 136 valence electrons. The van der Waals surface area contributed by atoms with Crippen molar-refractivity contribution in [1.29, 1.82) is 0 Å². The van der Waals surface area contributed by atoms with E-state index in [1.807, 2.05) is 60.7 Å². The molecule has 6 heteroatoms. The van der Waals surface area contributed by atoms with Crippen LogP contribution in [-0.2, 0) is 4.79 Å². The minimum Gasteiger partial charge on any atom is -0.374 e. The first-order valence-electron chi connectivity index (χ1n) is 8.32. The molecule has 0 aliphatic heterocycles. The molecule has 0 spiro atoms.